The molecule has 7 nitrogen and oxygen atoms in total. The first-order valence-corrected chi connectivity index (χ1v) is 5.37. The quantitative estimate of drug-likeness (QED) is 0.525. The van der Waals surface area contributed by atoms with Crippen LogP contribution in [0.3, 0.4) is 0 Å². The van der Waals surface area contributed by atoms with Crippen molar-refractivity contribution in [1.82, 2.24) is 15.4 Å². The molecule has 0 radical (unpaired) electrons. The lowest BCUT2D eigenvalue weighted by molar-refractivity contribution is 0.0955. The highest BCUT2D eigenvalue weighted by atomic mass is 16.2. The predicted octanol–water partition coefficient (Wildman–Crippen LogP) is -0.173. The lowest BCUT2D eigenvalue weighted by Crippen LogP contribution is -2.23. The van der Waals surface area contributed by atoms with E-state index in [1.165, 1.54) is 6.21 Å². The molecule has 0 aliphatic carbocycles. The van der Waals surface area contributed by atoms with E-state index < -0.39 is 11.2 Å². The van der Waals surface area contributed by atoms with Gasteiger partial charge in [0.15, 0.2) is 0 Å². The number of aromatic nitrogens is 2. The number of aromatic amines is 2. The summed E-state index contributed by atoms with van der Waals surface area (Å²) in [6, 6.07) is 9.68. The van der Waals surface area contributed by atoms with Gasteiger partial charge >= 0.3 is 5.69 Å². The zero-order chi connectivity index (χ0) is 13.7. The van der Waals surface area contributed by atoms with Crippen LogP contribution in [0.2, 0.25) is 0 Å². The number of amides is 1. The van der Waals surface area contributed by atoms with E-state index in [4.69, 9.17) is 0 Å². The number of hydrogen-bond acceptors (Lipinski definition) is 4. The zero-order valence-corrected chi connectivity index (χ0v) is 9.71. The smallest absolute Gasteiger partial charge is 0.306 e. The van der Waals surface area contributed by atoms with E-state index in [1.807, 2.05) is 4.98 Å². The molecule has 19 heavy (non-hydrogen) atoms. The Morgan fingerprint density at radius 1 is 1.16 bits per heavy atom. The fourth-order valence-electron chi connectivity index (χ4n) is 1.37. The average Bonchev–Trinajstić information content (AvgIpc) is 2.38. The van der Waals surface area contributed by atoms with Gasteiger partial charge in [0.1, 0.15) is 0 Å². The van der Waals surface area contributed by atoms with Crippen LogP contribution in [-0.4, -0.2) is 22.1 Å². The fraction of sp³-hybridized carbons (Fsp3) is 0. The van der Waals surface area contributed by atoms with Crippen molar-refractivity contribution in [3.63, 3.8) is 0 Å². The molecule has 2 rings (SSSR count). The SMILES string of the molecule is O=C(NN=Cc1cc(=O)[nH]c(=O)[nH]1)c1ccccc1. The maximum atomic E-state index is 11.6. The van der Waals surface area contributed by atoms with Gasteiger partial charge in [0, 0.05) is 11.6 Å². The number of carbonyl (C=O) groups excluding carboxylic acids is 1. The minimum atomic E-state index is -0.636. The molecule has 1 aromatic heterocycles. The first-order valence-electron chi connectivity index (χ1n) is 5.37. The van der Waals surface area contributed by atoms with Gasteiger partial charge < -0.3 is 4.98 Å². The van der Waals surface area contributed by atoms with Gasteiger partial charge in [0.2, 0.25) is 0 Å². The standard InChI is InChI=1S/C12H10N4O3/c17-10-6-9(14-12(19)15-10)7-13-16-11(18)8-4-2-1-3-5-8/h1-7H,(H,16,18)(H2,14,15,17,19). The summed E-state index contributed by atoms with van der Waals surface area (Å²) in [7, 11) is 0. The molecule has 0 spiro atoms. The second-order valence-corrected chi connectivity index (χ2v) is 3.61. The third-order valence-corrected chi connectivity index (χ3v) is 2.19. The summed E-state index contributed by atoms with van der Waals surface area (Å²) in [5.41, 5.74) is 1.76. The number of nitrogens with one attached hydrogen (secondary N) is 3. The van der Waals surface area contributed by atoms with Gasteiger partial charge in [-0.15, -0.1) is 0 Å². The Morgan fingerprint density at radius 2 is 1.89 bits per heavy atom. The van der Waals surface area contributed by atoms with E-state index >= 15 is 0 Å². The monoisotopic (exact) mass is 258 g/mol. The highest BCUT2D eigenvalue weighted by Gasteiger charge is 2.01. The largest absolute Gasteiger partial charge is 0.326 e. The molecule has 96 valence electrons. The van der Waals surface area contributed by atoms with Crippen molar-refractivity contribution in [2.75, 3.05) is 0 Å². The number of carbonyl (C=O) groups is 1. The van der Waals surface area contributed by atoms with Crippen molar-refractivity contribution in [2.45, 2.75) is 0 Å². The van der Waals surface area contributed by atoms with Gasteiger partial charge in [-0.25, -0.2) is 10.2 Å². The summed E-state index contributed by atoms with van der Waals surface area (Å²) >= 11 is 0. The normalized spacial score (nSPS) is 10.5. The highest BCUT2D eigenvalue weighted by Crippen LogP contribution is 1.97. The first-order chi connectivity index (χ1) is 9.15. The molecular weight excluding hydrogens is 248 g/mol. The van der Waals surface area contributed by atoms with E-state index in [0.717, 1.165) is 6.07 Å². The second kappa shape index (κ2) is 5.58. The van der Waals surface area contributed by atoms with Crippen LogP contribution in [0.5, 0.6) is 0 Å². The maximum Gasteiger partial charge on any atom is 0.326 e. The van der Waals surface area contributed by atoms with Gasteiger partial charge in [-0.3, -0.25) is 14.6 Å². The van der Waals surface area contributed by atoms with Crippen molar-refractivity contribution >= 4 is 12.1 Å². The van der Waals surface area contributed by atoms with Crippen molar-refractivity contribution in [1.29, 1.82) is 0 Å². The van der Waals surface area contributed by atoms with Crippen molar-refractivity contribution in [3.05, 3.63) is 68.5 Å². The lowest BCUT2D eigenvalue weighted by atomic mass is 10.2. The van der Waals surface area contributed by atoms with Gasteiger partial charge in [-0.05, 0) is 12.1 Å². The van der Waals surface area contributed by atoms with Crippen LogP contribution in [0, 0.1) is 0 Å². The molecule has 0 fully saturated rings. The molecule has 0 aliphatic rings. The molecule has 0 bridgehead atoms. The molecule has 2 aromatic rings. The maximum absolute atomic E-state index is 11.6. The molecule has 0 aliphatic heterocycles. The summed E-state index contributed by atoms with van der Waals surface area (Å²) in [4.78, 5) is 37.9. The van der Waals surface area contributed by atoms with E-state index in [9.17, 15) is 14.4 Å². The molecule has 0 unspecified atom stereocenters. The summed E-state index contributed by atoms with van der Waals surface area (Å²) in [6.45, 7) is 0. The van der Waals surface area contributed by atoms with Crippen LogP contribution < -0.4 is 16.7 Å². The van der Waals surface area contributed by atoms with Gasteiger partial charge in [-0.2, -0.15) is 5.10 Å². The Balaban J connectivity index is 2.06. The number of nitrogens with zero attached hydrogens (tertiary/aromatic N) is 1. The van der Waals surface area contributed by atoms with E-state index in [0.29, 0.717) is 5.56 Å². The number of hydrogen-bond donors (Lipinski definition) is 3. The van der Waals surface area contributed by atoms with E-state index in [2.05, 4.69) is 15.5 Å². The zero-order valence-electron chi connectivity index (χ0n) is 9.71. The summed E-state index contributed by atoms with van der Waals surface area (Å²) in [5, 5.41) is 3.65. The Labute approximate surface area is 107 Å². The van der Waals surface area contributed by atoms with Crippen molar-refractivity contribution in [3.8, 4) is 0 Å². The third kappa shape index (κ3) is 3.50. The second-order valence-electron chi connectivity index (χ2n) is 3.61. The van der Waals surface area contributed by atoms with Gasteiger partial charge in [0.25, 0.3) is 11.5 Å². The molecule has 1 heterocycles. The fourth-order valence-corrected chi connectivity index (χ4v) is 1.37. The molecule has 1 aromatic carbocycles. The van der Waals surface area contributed by atoms with E-state index in [-0.39, 0.29) is 11.6 Å². The highest BCUT2D eigenvalue weighted by molar-refractivity contribution is 5.94. The van der Waals surface area contributed by atoms with Crippen molar-refractivity contribution in [2.24, 2.45) is 5.10 Å². The minimum Gasteiger partial charge on any atom is -0.306 e. The van der Waals surface area contributed by atoms with Crippen LogP contribution in [0.25, 0.3) is 0 Å². The molecule has 0 saturated carbocycles. The van der Waals surface area contributed by atoms with Crippen LogP contribution in [0.15, 0.2) is 51.1 Å². The molecule has 3 N–H and O–H groups in total. The van der Waals surface area contributed by atoms with Crippen molar-refractivity contribution < 1.29 is 4.79 Å². The van der Waals surface area contributed by atoms with Crippen LogP contribution in [0.1, 0.15) is 16.1 Å². The lowest BCUT2D eigenvalue weighted by Gasteiger charge is -1.98. The van der Waals surface area contributed by atoms with Crippen LogP contribution in [0.4, 0.5) is 0 Å². The Hall–Kier alpha value is -2.96. The topological polar surface area (TPSA) is 107 Å². The Morgan fingerprint density at radius 3 is 2.58 bits per heavy atom. The summed E-state index contributed by atoms with van der Waals surface area (Å²) in [6.07, 6.45) is 1.18. The summed E-state index contributed by atoms with van der Waals surface area (Å²) < 4.78 is 0. The van der Waals surface area contributed by atoms with Gasteiger partial charge in [0.05, 0.1) is 11.9 Å². The van der Waals surface area contributed by atoms with Crippen LogP contribution in [-0.2, 0) is 0 Å². The minimum absolute atomic E-state index is 0.196. The molecule has 0 saturated heterocycles. The van der Waals surface area contributed by atoms with Gasteiger partial charge in [-0.1, -0.05) is 18.2 Å². The molecule has 1 amide bonds. The van der Waals surface area contributed by atoms with Crippen LogP contribution >= 0.6 is 0 Å². The molecule has 0 atom stereocenters. The number of rotatable bonds is 3. The molecular formula is C12H10N4O3. The molecule has 7 heteroatoms. The Bertz CT molecular complexity index is 687. The third-order valence-electron chi connectivity index (χ3n) is 2.19. The van der Waals surface area contributed by atoms with E-state index in [1.54, 1.807) is 30.3 Å². The number of H-pyrrole nitrogens is 2. The average molecular weight is 258 g/mol. The predicted molar refractivity (Wildman–Crippen MR) is 69.2 cm³/mol. The number of benzene rings is 1. The number of hydrazone groups is 1. The summed E-state index contributed by atoms with van der Waals surface area (Å²) in [5.74, 6) is -0.385. The first kappa shape index (κ1) is 12.5. The Kier molecular flexibility index (Phi) is 3.67.